The second kappa shape index (κ2) is 7.67. The van der Waals surface area contributed by atoms with Crippen molar-refractivity contribution in [3.8, 4) is 17.2 Å². The summed E-state index contributed by atoms with van der Waals surface area (Å²) in [5.74, 6) is 0.975. The molecule has 0 aliphatic rings. The molecule has 1 amide bonds. The molecule has 0 unspecified atom stereocenters. The van der Waals surface area contributed by atoms with Gasteiger partial charge in [-0.05, 0) is 53.4 Å². The number of aromatic nitrogens is 1. The molecule has 0 saturated heterocycles. The fourth-order valence-corrected chi connectivity index (χ4v) is 3.21. The van der Waals surface area contributed by atoms with Crippen molar-refractivity contribution in [2.45, 2.75) is 26.2 Å². The molecule has 0 bridgehead atoms. The van der Waals surface area contributed by atoms with E-state index in [1.54, 1.807) is 37.4 Å². The topological polar surface area (TPSA) is 64.4 Å². The first-order valence-corrected chi connectivity index (χ1v) is 9.80. The van der Waals surface area contributed by atoms with Gasteiger partial charge < -0.3 is 14.5 Å². The Hall–Kier alpha value is -3.60. The number of carbonyl (C=O) groups is 1. The van der Waals surface area contributed by atoms with Crippen LogP contribution in [0.25, 0.3) is 22.6 Å². The van der Waals surface area contributed by atoms with E-state index >= 15 is 0 Å². The highest BCUT2D eigenvalue weighted by Crippen LogP contribution is 2.29. The smallest absolute Gasteiger partial charge is 0.255 e. The molecule has 0 aliphatic carbocycles. The summed E-state index contributed by atoms with van der Waals surface area (Å²) in [4.78, 5) is 17.1. The zero-order valence-corrected chi connectivity index (χ0v) is 17.5. The number of nitrogens with one attached hydrogen (secondary N) is 1. The zero-order valence-electron chi connectivity index (χ0n) is 17.5. The van der Waals surface area contributed by atoms with Gasteiger partial charge in [0.2, 0.25) is 5.89 Å². The van der Waals surface area contributed by atoms with Crippen molar-refractivity contribution in [1.82, 2.24) is 4.98 Å². The molecule has 4 aromatic rings. The summed E-state index contributed by atoms with van der Waals surface area (Å²) in [5.41, 5.74) is 4.78. The molecule has 1 aromatic heterocycles. The Morgan fingerprint density at radius 1 is 1.00 bits per heavy atom. The third kappa shape index (κ3) is 4.06. The van der Waals surface area contributed by atoms with Crippen molar-refractivity contribution >= 4 is 22.7 Å². The number of amides is 1. The van der Waals surface area contributed by atoms with Crippen LogP contribution in [0.2, 0.25) is 0 Å². The molecule has 1 heterocycles. The first-order chi connectivity index (χ1) is 14.3. The van der Waals surface area contributed by atoms with E-state index in [9.17, 15) is 4.79 Å². The molecule has 5 nitrogen and oxygen atoms in total. The van der Waals surface area contributed by atoms with Crippen LogP contribution in [0.15, 0.2) is 71.1 Å². The van der Waals surface area contributed by atoms with Gasteiger partial charge in [0.1, 0.15) is 11.3 Å². The maximum atomic E-state index is 12.5. The molecule has 3 aromatic carbocycles. The van der Waals surface area contributed by atoms with Crippen molar-refractivity contribution in [1.29, 1.82) is 0 Å². The zero-order chi connectivity index (χ0) is 21.3. The lowest BCUT2D eigenvalue weighted by Crippen LogP contribution is -2.11. The highest BCUT2D eigenvalue weighted by atomic mass is 16.5. The van der Waals surface area contributed by atoms with Gasteiger partial charge in [-0.25, -0.2) is 4.98 Å². The molecule has 152 valence electrons. The van der Waals surface area contributed by atoms with Crippen molar-refractivity contribution < 1.29 is 13.9 Å². The van der Waals surface area contributed by atoms with Gasteiger partial charge in [0.05, 0.1) is 7.11 Å². The van der Waals surface area contributed by atoms with Crippen LogP contribution in [0.1, 0.15) is 36.7 Å². The molecule has 0 fully saturated rings. The van der Waals surface area contributed by atoms with E-state index in [1.807, 2.05) is 24.3 Å². The molecule has 30 heavy (non-hydrogen) atoms. The Labute approximate surface area is 175 Å². The number of hydrogen-bond acceptors (Lipinski definition) is 4. The fraction of sp³-hybridized carbons (Fsp3) is 0.200. The van der Waals surface area contributed by atoms with E-state index in [0.717, 1.165) is 11.1 Å². The highest BCUT2D eigenvalue weighted by molar-refractivity contribution is 6.05. The van der Waals surface area contributed by atoms with Gasteiger partial charge in [-0.15, -0.1) is 0 Å². The van der Waals surface area contributed by atoms with Crippen LogP contribution in [-0.2, 0) is 5.41 Å². The third-order valence-corrected chi connectivity index (χ3v) is 4.98. The van der Waals surface area contributed by atoms with Gasteiger partial charge in [0.25, 0.3) is 5.91 Å². The summed E-state index contributed by atoms with van der Waals surface area (Å²) in [6.45, 7) is 6.55. The normalized spacial score (nSPS) is 11.5. The van der Waals surface area contributed by atoms with Crippen LogP contribution in [0.4, 0.5) is 5.69 Å². The van der Waals surface area contributed by atoms with Gasteiger partial charge in [0.15, 0.2) is 5.58 Å². The van der Waals surface area contributed by atoms with Crippen LogP contribution >= 0.6 is 0 Å². The minimum Gasteiger partial charge on any atom is -0.497 e. The molecule has 0 atom stereocenters. The average molecular weight is 400 g/mol. The highest BCUT2D eigenvalue weighted by Gasteiger charge is 2.15. The van der Waals surface area contributed by atoms with Crippen molar-refractivity contribution in [3.05, 3.63) is 77.9 Å². The first-order valence-electron chi connectivity index (χ1n) is 9.80. The SMILES string of the molecule is COc1cccc(C(=O)Nc2ccc3nc(-c4ccc(C(C)(C)C)cc4)oc3c2)c1. The molecular weight excluding hydrogens is 376 g/mol. The van der Waals surface area contributed by atoms with Gasteiger partial charge >= 0.3 is 0 Å². The summed E-state index contributed by atoms with van der Waals surface area (Å²) in [6, 6.07) is 20.7. The molecule has 1 N–H and O–H groups in total. The lowest BCUT2D eigenvalue weighted by atomic mass is 9.87. The number of benzene rings is 3. The maximum Gasteiger partial charge on any atom is 0.255 e. The predicted molar refractivity (Wildman–Crippen MR) is 119 cm³/mol. The van der Waals surface area contributed by atoms with Crippen LogP contribution in [0, 0.1) is 0 Å². The first kappa shape index (κ1) is 19.7. The van der Waals surface area contributed by atoms with Crippen LogP contribution in [0.3, 0.4) is 0 Å². The van der Waals surface area contributed by atoms with Crippen LogP contribution in [-0.4, -0.2) is 18.0 Å². The minimum atomic E-state index is -0.217. The molecule has 0 saturated carbocycles. The van der Waals surface area contributed by atoms with E-state index in [-0.39, 0.29) is 11.3 Å². The Bertz CT molecular complexity index is 1200. The van der Waals surface area contributed by atoms with E-state index in [1.165, 1.54) is 5.56 Å². The number of hydrogen-bond donors (Lipinski definition) is 1. The second-order valence-electron chi connectivity index (χ2n) is 8.21. The summed E-state index contributed by atoms with van der Waals surface area (Å²) in [5, 5.41) is 2.89. The third-order valence-electron chi connectivity index (χ3n) is 4.98. The van der Waals surface area contributed by atoms with E-state index in [4.69, 9.17) is 9.15 Å². The summed E-state index contributed by atoms with van der Waals surface area (Å²) in [7, 11) is 1.57. The lowest BCUT2D eigenvalue weighted by molar-refractivity contribution is 0.102. The lowest BCUT2D eigenvalue weighted by Gasteiger charge is -2.18. The number of rotatable bonds is 4. The number of anilines is 1. The van der Waals surface area contributed by atoms with E-state index < -0.39 is 0 Å². The fourth-order valence-electron chi connectivity index (χ4n) is 3.21. The molecule has 4 rings (SSSR count). The van der Waals surface area contributed by atoms with Gasteiger partial charge in [-0.2, -0.15) is 0 Å². The van der Waals surface area contributed by atoms with Gasteiger partial charge in [-0.3, -0.25) is 4.79 Å². The molecule has 0 spiro atoms. The van der Waals surface area contributed by atoms with Crippen LogP contribution < -0.4 is 10.1 Å². The molecule has 0 radical (unpaired) electrons. The molecular formula is C25H24N2O3. The van der Waals surface area contributed by atoms with E-state index in [0.29, 0.717) is 28.5 Å². The largest absolute Gasteiger partial charge is 0.497 e. The number of carbonyl (C=O) groups excluding carboxylic acids is 1. The Morgan fingerprint density at radius 3 is 2.47 bits per heavy atom. The Kier molecular flexibility index (Phi) is 5.04. The average Bonchev–Trinajstić information content (AvgIpc) is 3.16. The summed E-state index contributed by atoms with van der Waals surface area (Å²) >= 11 is 0. The number of fused-ring (bicyclic) bond motifs is 1. The van der Waals surface area contributed by atoms with Gasteiger partial charge in [-0.1, -0.05) is 39.0 Å². The predicted octanol–water partition coefficient (Wildman–Crippen LogP) is 6.05. The second-order valence-corrected chi connectivity index (χ2v) is 8.21. The number of oxazole rings is 1. The summed E-state index contributed by atoms with van der Waals surface area (Å²) in [6.07, 6.45) is 0. The Morgan fingerprint density at radius 2 is 1.77 bits per heavy atom. The number of nitrogens with zero attached hydrogens (tertiary/aromatic N) is 1. The minimum absolute atomic E-state index is 0.0930. The Balaban J connectivity index is 1.57. The summed E-state index contributed by atoms with van der Waals surface area (Å²) < 4.78 is 11.1. The van der Waals surface area contributed by atoms with Crippen LogP contribution in [0.5, 0.6) is 5.75 Å². The quantitative estimate of drug-likeness (QED) is 0.453. The maximum absolute atomic E-state index is 12.5. The van der Waals surface area contributed by atoms with E-state index in [2.05, 4.69) is 43.2 Å². The van der Waals surface area contributed by atoms with Crippen molar-refractivity contribution in [2.24, 2.45) is 0 Å². The standard InChI is InChI=1S/C25H24N2O3/c1-25(2,3)18-10-8-16(9-11-18)24-27-21-13-12-19(15-22(21)30-24)26-23(28)17-6-5-7-20(14-17)29-4/h5-15H,1-4H3,(H,26,28). The van der Waals surface area contributed by atoms with Crippen molar-refractivity contribution in [3.63, 3.8) is 0 Å². The number of ether oxygens (including phenoxy) is 1. The molecule has 5 heteroatoms. The monoisotopic (exact) mass is 400 g/mol. The number of methoxy groups -OCH3 is 1. The van der Waals surface area contributed by atoms with Crippen molar-refractivity contribution in [2.75, 3.05) is 12.4 Å². The van der Waals surface area contributed by atoms with Gasteiger partial charge in [0, 0.05) is 22.9 Å². The molecule has 0 aliphatic heterocycles.